The summed E-state index contributed by atoms with van der Waals surface area (Å²) in [6.45, 7) is 3.97. The summed E-state index contributed by atoms with van der Waals surface area (Å²) >= 11 is 0. The Morgan fingerprint density at radius 1 is 1.23 bits per heavy atom. The van der Waals surface area contributed by atoms with E-state index in [2.05, 4.69) is 19.9 Å². The van der Waals surface area contributed by atoms with Gasteiger partial charge in [0.1, 0.15) is 5.52 Å². The lowest BCUT2D eigenvalue weighted by Crippen LogP contribution is -2.26. The molecule has 0 bridgehead atoms. The fourth-order valence-electron chi connectivity index (χ4n) is 3.99. The average Bonchev–Trinajstić information content (AvgIpc) is 3.15. The molecule has 2 aromatic rings. The largest absolute Gasteiger partial charge is 0.375 e. The summed E-state index contributed by atoms with van der Waals surface area (Å²) in [7, 11) is 0. The summed E-state index contributed by atoms with van der Waals surface area (Å²) in [6.07, 6.45) is 8.78. The van der Waals surface area contributed by atoms with E-state index in [1.807, 2.05) is 26.0 Å². The van der Waals surface area contributed by atoms with Gasteiger partial charge in [0.15, 0.2) is 5.65 Å². The lowest BCUT2D eigenvalue weighted by molar-refractivity contribution is -0.119. The number of rotatable bonds is 6. The minimum Gasteiger partial charge on any atom is -0.375 e. The third-order valence-electron chi connectivity index (χ3n) is 5.57. The Kier molecular flexibility index (Phi) is 4.94. The van der Waals surface area contributed by atoms with E-state index in [9.17, 15) is 4.79 Å². The molecule has 2 aliphatic rings. The molecule has 1 atom stereocenters. The van der Waals surface area contributed by atoms with Crippen molar-refractivity contribution in [3.8, 4) is 0 Å². The highest BCUT2D eigenvalue weighted by atomic mass is 16.5. The van der Waals surface area contributed by atoms with E-state index < -0.39 is 0 Å². The number of carbonyl (C=O) groups excluding carboxylic acids is 1. The van der Waals surface area contributed by atoms with E-state index in [-0.39, 0.29) is 12.0 Å². The standard InChI is InChI=1S/C20H28N4O2/c1-13-10-11-17-19(21-13)24(15-6-5-7-15)20(22-17)23-18(25)12-14(2)26-16-8-3-4-9-16/h10-11,14-16H,3-9,12H2,1-2H3,(H,22,23,25). The van der Waals surface area contributed by atoms with Crippen LogP contribution in [0.2, 0.25) is 0 Å². The van der Waals surface area contributed by atoms with Crippen LogP contribution < -0.4 is 5.32 Å². The predicted octanol–water partition coefficient (Wildman–Crippen LogP) is 4.14. The first-order valence-electron chi connectivity index (χ1n) is 9.91. The van der Waals surface area contributed by atoms with Gasteiger partial charge in [-0.25, -0.2) is 9.97 Å². The zero-order valence-corrected chi connectivity index (χ0v) is 15.7. The summed E-state index contributed by atoms with van der Waals surface area (Å²) < 4.78 is 8.12. The average molecular weight is 356 g/mol. The van der Waals surface area contributed by atoms with Crippen LogP contribution in [0.3, 0.4) is 0 Å². The Morgan fingerprint density at radius 2 is 2.00 bits per heavy atom. The molecule has 0 spiro atoms. The third-order valence-corrected chi connectivity index (χ3v) is 5.57. The number of amides is 1. The van der Waals surface area contributed by atoms with Crippen LogP contribution in [0.15, 0.2) is 12.1 Å². The van der Waals surface area contributed by atoms with Crippen molar-refractivity contribution < 1.29 is 9.53 Å². The lowest BCUT2D eigenvalue weighted by atomic mass is 9.93. The Balaban J connectivity index is 1.48. The van der Waals surface area contributed by atoms with Gasteiger partial charge in [0.25, 0.3) is 0 Å². The highest BCUT2D eigenvalue weighted by Gasteiger charge is 2.27. The number of hydrogen-bond donors (Lipinski definition) is 1. The van der Waals surface area contributed by atoms with Crippen molar-refractivity contribution in [1.29, 1.82) is 0 Å². The maximum absolute atomic E-state index is 12.6. The molecule has 6 heteroatoms. The summed E-state index contributed by atoms with van der Waals surface area (Å²) in [5.41, 5.74) is 2.68. The highest BCUT2D eigenvalue weighted by Crippen LogP contribution is 2.36. The van der Waals surface area contributed by atoms with Crippen LogP contribution in [0.5, 0.6) is 0 Å². The fourth-order valence-corrected chi connectivity index (χ4v) is 3.99. The molecule has 140 valence electrons. The number of pyridine rings is 1. The minimum atomic E-state index is -0.0694. The van der Waals surface area contributed by atoms with E-state index in [1.54, 1.807) is 0 Å². The second-order valence-corrected chi connectivity index (χ2v) is 7.79. The molecule has 1 N–H and O–H groups in total. The van der Waals surface area contributed by atoms with Gasteiger partial charge in [0.2, 0.25) is 11.9 Å². The van der Waals surface area contributed by atoms with Gasteiger partial charge in [-0.15, -0.1) is 0 Å². The van der Waals surface area contributed by atoms with Gasteiger partial charge in [-0.05, 0) is 58.1 Å². The Hall–Kier alpha value is -1.95. The van der Waals surface area contributed by atoms with Crippen LogP contribution in [-0.4, -0.2) is 32.7 Å². The number of imidazole rings is 1. The van der Waals surface area contributed by atoms with Crippen molar-refractivity contribution in [3.05, 3.63) is 17.8 Å². The van der Waals surface area contributed by atoms with Crippen LogP contribution in [0.4, 0.5) is 5.95 Å². The Bertz CT molecular complexity index is 790. The van der Waals surface area contributed by atoms with Crippen molar-refractivity contribution in [2.45, 2.75) is 83.5 Å². The molecule has 2 aromatic heterocycles. The maximum atomic E-state index is 12.6. The number of anilines is 1. The van der Waals surface area contributed by atoms with Crippen molar-refractivity contribution in [2.24, 2.45) is 0 Å². The number of carbonyl (C=O) groups is 1. The first-order chi connectivity index (χ1) is 12.6. The monoisotopic (exact) mass is 356 g/mol. The van der Waals surface area contributed by atoms with Crippen molar-refractivity contribution in [1.82, 2.24) is 14.5 Å². The molecule has 0 aliphatic heterocycles. The molecule has 4 rings (SSSR count). The second-order valence-electron chi connectivity index (χ2n) is 7.79. The molecule has 0 radical (unpaired) electrons. The summed E-state index contributed by atoms with van der Waals surface area (Å²) in [5.74, 6) is 0.587. The lowest BCUT2D eigenvalue weighted by Gasteiger charge is -2.28. The number of aromatic nitrogens is 3. The van der Waals surface area contributed by atoms with Crippen LogP contribution >= 0.6 is 0 Å². The van der Waals surface area contributed by atoms with E-state index in [0.29, 0.717) is 24.5 Å². The third kappa shape index (κ3) is 3.61. The number of hydrogen-bond acceptors (Lipinski definition) is 4. The molecular weight excluding hydrogens is 328 g/mol. The minimum absolute atomic E-state index is 0.0388. The van der Waals surface area contributed by atoms with E-state index in [1.165, 1.54) is 19.3 Å². The van der Waals surface area contributed by atoms with Gasteiger partial charge < -0.3 is 4.74 Å². The number of nitrogens with one attached hydrogen (secondary N) is 1. The fraction of sp³-hybridized carbons (Fsp3) is 0.650. The molecule has 6 nitrogen and oxygen atoms in total. The zero-order valence-electron chi connectivity index (χ0n) is 15.7. The van der Waals surface area contributed by atoms with Crippen molar-refractivity contribution >= 4 is 23.0 Å². The summed E-state index contributed by atoms with van der Waals surface area (Å²) in [6, 6.07) is 4.33. The molecular formula is C20H28N4O2. The van der Waals surface area contributed by atoms with Gasteiger partial charge >= 0.3 is 0 Å². The zero-order chi connectivity index (χ0) is 18.1. The first-order valence-corrected chi connectivity index (χ1v) is 9.91. The SMILES string of the molecule is Cc1ccc2nc(NC(=O)CC(C)OC3CCCC3)n(C3CCC3)c2n1. The number of aryl methyl sites for hydroxylation is 1. The summed E-state index contributed by atoms with van der Waals surface area (Å²) in [5, 5.41) is 3.02. The quantitative estimate of drug-likeness (QED) is 0.844. The molecule has 26 heavy (non-hydrogen) atoms. The van der Waals surface area contributed by atoms with Crippen LogP contribution in [-0.2, 0) is 9.53 Å². The van der Waals surface area contributed by atoms with E-state index in [4.69, 9.17) is 4.74 Å². The van der Waals surface area contributed by atoms with Crippen LogP contribution in [0, 0.1) is 6.92 Å². The second kappa shape index (κ2) is 7.35. The van der Waals surface area contributed by atoms with E-state index >= 15 is 0 Å². The van der Waals surface area contributed by atoms with Gasteiger partial charge in [-0.1, -0.05) is 12.8 Å². The topological polar surface area (TPSA) is 69.0 Å². The van der Waals surface area contributed by atoms with Gasteiger partial charge in [0.05, 0.1) is 18.6 Å². The molecule has 1 amide bonds. The van der Waals surface area contributed by atoms with Gasteiger partial charge in [0, 0.05) is 11.7 Å². The number of ether oxygens (including phenoxy) is 1. The molecule has 1 unspecified atom stereocenters. The van der Waals surface area contributed by atoms with E-state index in [0.717, 1.165) is 42.5 Å². The van der Waals surface area contributed by atoms with Gasteiger partial charge in [-0.2, -0.15) is 0 Å². The predicted molar refractivity (Wildman–Crippen MR) is 101 cm³/mol. The molecule has 0 saturated heterocycles. The first kappa shape index (κ1) is 17.5. The normalized spacial score (nSPS) is 19.6. The van der Waals surface area contributed by atoms with Crippen molar-refractivity contribution in [2.75, 3.05) is 5.32 Å². The Labute approximate surface area is 154 Å². The van der Waals surface area contributed by atoms with Crippen LogP contribution in [0.25, 0.3) is 11.2 Å². The Morgan fingerprint density at radius 3 is 2.69 bits per heavy atom. The molecule has 2 fully saturated rings. The highest BCUT2D eigenvalue weighted by molar-refractivity contribution is 5.91. The summed E-state index contributed by atoms with van der Waals surface area (Å²) in [4.78, 5) is 21.9. The van der Waals surface area contributed by atoms with Crippen molar-refractivity contribution in [3.63, 3.8) is 0 Å². The molecule has 2 aliphatic carbocycles. The van der Waals surface area contributed by atoms with Crippen LogP contribution in [0.1, 0.15) is 70.0 Å². The molecule has 2 heterocycles. The number of nitrogens with zero attached hydrogens (tertiary/aromatic N) is 3. The smallest absolute Gasteiger partial charge is 0.229 e. The van der Waals surface area contributed by atoms with Gasteiger partial charge in [-0.3, -0.25) is 14.7 Å². The molecule has 0 aromatic carbocycles. The number of fused-ring (bicyclic) bond motifs is 1. The molecule has 2 saturated carbocycles. The maximum Gasteiger partial charge on any atom is 0.229 e.